The van der Waals surface area contributed by atoms with E-state index >= 15 is 0 Å². The number of aromatic nitrogens is 3. The van der Waals surface area contributed by atoms with Gasteiger partial charge in [-0.25, -0.2) is 13.4 Å². The van der Waals surface area contributed by atoms with E-state index in [1.165, 1.54) is 18.2 Å². The Kier molecular flexibility index (Phi) is 7.84. The van der Waals surface area contributed by atoms with Gasteiger partial charge >= 0.3 is 6.18 Å². The van der Waals surface area contributed by atoms with E-state index in [0.717, 1.165) is 38.6 Å². The molecule has 2 aromatic heterocycles. The summed E-state index contributed by atoms with van der Waals surface area (Å²) in [6.07, 6.45) is -0.207. The maximum Gasteiger partial charge on any atom is 0.405 e. The molecule has 2 atom stereocenters. The van der Waals surface area contributed by atoms with Gasteiger partial charge in [0.15, 0.2) is 5.65 Å². The minimum atomic E-state index is -4.39. The fourth-order valence-electron chi connectivity index (χ4n) is 5.86. The molecule has 3 aliphatic heterocycles. The third-order valence-corrected chi connectivity index (χ3v) is 8.93. The fourth-order valence-corrected chi connectivity index (χ4v) is 6.60. The first-order valence-electron chi connectivity index (χ1n) is 14.2. The number of likely N-dealkylation sites (tertiary alicyclic amines) is 1. The number of nitrogens with one attached hydrogen (secondary N) is 2. The smallest absolute Gasteiger partial charge is 0.356 e. The summed E-state index contributed by atoms with van der Waals surface area (Å²) in [5.74, 6) is 0.784. The molecule has 1 aromatic carbocycles. The molecule has 2 N–H and O–H groups in total. The van der Waals surface area contributed by atoms with E-state index in [1.807, 2.05) is 0 Å². The summed E-state index contributed by atoms with van der Waals surface area (Å²) in [5, 5.41) is 7.67. The molecule has 2 unspecified atom stereocenters. The van der Waals surface area contributed by atoms with Crippen LogP contribution in [0.5, 0.6) is 0 Å². The third kappa shape index (κ3) is 6.20. The lowest BCUT2D eigenvalue weighted by molar-refractivity contribution is -0.155. The van der Waals surface area contributed by atoms with E-state index < -0.39 is 34.2 Å². The van der Waals surface area contributed by atoms with Gasteiger partial charge in [0.2, 0.25) is 10.0 Å². The Balaban J connectivity index is 1.38. The van der Waals surface area contributed by atoms with Gasteiger partial charge in [-0.3, -0.25) is 9.52 Å². The Morgan fingerprint density at radius 2 is 1.86 bits per heavy atom. The summed E-state index contributed by atoms with van der Waals surface area (Å²) in [6, 6.07) is 5.85. The number of benzene rings is 1. The molecule has 6 rings (SSSR count). The first kappa shape index (κ1) is 29.8. The van der Waals surface area contributed by atoms with Crippen molar-refractivity contribution in [1.82, 2.24) is 24.8 Å². The predicted octanol–water partition coefficient (Wildman–Crippen LogP) is 3.67. The van der Waals surface area contributed by atoms with Gasteiger partial charge in [-0.05, 0) is 43.9 Å². The van der Waals surface area contributed by atoms with Crippen LogP contribution >= 0.6 is 11.6 Å². The summed E-state index contributed by atoms with van der Waals surface area (Å²) in [7, 11) is -3.67. The molecule has 1 amide bonds. The van der Waals surface area contributed by atoms with Crippen LogP contribution < -0.4 is 19.8 Å². The SMILES string of the molecule is CS(=O)(=O)Nc1ccc(Cl)cc1C(=O)N1CCCCC1c1cc2nc(N3CCC3)cc(N3CCNC(C(F)(F)F)C3)n2n1. The number of carbonyl (C=O) groups excluding carboxylic acids is 1. The number of sulfonamides is 1. The number of alkyl halides is 3. The normalized spacial score (nSPS) is 21.7. The average molecular weight is 641 g/mol. The summed E-state index contributed by atoms with van der Waals surface area (Å²) in [4.78, 5) is 24.2. The van der Waals surface area contributed by atoms with Gasteiger partial charge in [0.25, 0.3) is 5.91 Å². The lowest BCUT2D eigenvalue weighted by Crippen LogP contribution is -2.57. The summed E-state index contributed by atoms with van der Waals surface area (Å²) in [5.41, 5.74) is 1.28. The van der Waals surface area contributed by atoms with Crippen molar-refractivity contribution in [3.05, 3.63) is 46.6 Å². The Morgan fingerprint density at radius 3 is 2.56 bits per heavy atom. The van der Waals surface area contributed by atoms with Crippen molar-refractivity contribution in [3.8, 4) is 0 Å². The topological polar surface area (TPSA) is 115 Å². The van der Waals surface area contributed by atoms with Crippen LogP contribution in [-0.4, -0.2) is 91.6 Å². The van der Waals surface area contributed by atoms with Crippen molar-refractivity contribution >= 4 is 50.5 Å². The molecule has 0 spiro atoms. The second-order valence-electron chi connectivity index (χ2n) is 11.2. The Labute approximate surface area is 252 Å². The molecule has 3 fully saturated rings. The van der Waals surface area contributed by atoms with Crippen LogP contribution in [0.15, 0.2) is 30.3 Å². The first-order chi connectivity index (χ1) is 20.4. The lowest BCUT2D eigenvalue weighted by Gasteiger charge is -2.37. The van der Waals surface area contributed by atoms with Gasteiger partial charge in [0.1, 0.15) is 17.7 Å². The largest absolute Gasteiger partial charge is 0.405 e. The first-order valence-corrected chi connectivity index (χ1v) is 16.4. The Hall–Kier alpha value is -3.30. The van der Waals surface area contributed by atoms with Crippen LogP contribution in [-0.2, 0) is 10.0 Å². The molecule has 3 aliphatic rings. The van der Waals surface area contributed by atoms with Gasteiger partial charge < -0.3 is 20.0 Å². The maximum atomic E-state index is 13.9. The molecule has 232 valence electrons. The number of anilines is 3. The molecule has 3 saturated heterocycles. The van der Waals surface area contributed by atoms with E-state index in [0.29, 0.717) is 42.5 Å². The van der Waals surface area contributed by atoms with Crippen LogP contribution in [0.25, 0.3) is 5.65 Å². The minimum Gasteiger partial charge on any atom is -0.356 e. The quantitative estimate of drug-likeness (QED) is 0.420. The molecule has 0 aliphatic carbocycles. The number of rotatable bonds is 6. The second kappa shape index (κ2) is 11.3. The van der Waals surface area contributed by atoms with Gasteiger partial charge in [0.05, 0.1) is 29.2 Å². The zero-order chi connectivity index (χ0) is 30.5. The van der Waals surface area contributed by atoms with E-state index in [9.17, 15) is 26.4 Å². The molecule has 0 saturated carbocycles. The van der Waals surface area contributed by atoms with E-state index in [-0.39, 0.29) is 29.4 Å². The standard InChI is InChI=1S/C27H32ClF3N8O3S/c1-43(41,42)35-19-7-6-17(28)13-18(19)26(40)38-11-3-2-5-21(38)20-14-24-33-23(36-9-4-10-36)15-25(39(24)34-20)37-12-8-32-22(16-37)27(29,30)31/h6-7,13-15,21-22,32,35H,2-5,8-12,16H2,1H3. The predicted molar refractivity (Wildman–Crippen MR) is 157 cm³/mol. The van der Waals surface area contributed by atoms with Crippen molar-refractivity contribution in [2.45, 2.75) is 43.9 Å². The van der Waals surface area contributed by atoms with E-state index in [4.69, 9.17) is 21.7 Å². The van der Waals surface area contributed by atoms with Crippen molar-refractivity contribution < 1.29 is 26.4 Å². The third-order valence-electron chi connectivity index (χ3n) is 8.10. The molecular formula is C27H32ClF3N8O3S. The van der Waals surface area contributed by atoms with Crippen molar-refractivity contribution in [2.75, 3.05) is 60.0 Å². The Bertz CT molecular complexity index is 1650. The molecule has 0 bridgehead atoms. The van der Waals surface area contributed by atoms with Crippen molar-refractivity contribution in [3.63, 3.8) is 0 Å². The molecule has 11 nitrogen and oxygen atoms in total. The summed E-state index contributed by atoms with van der Waals surface area (Å²) >= 11 is 6.21. The lowest BCUT2D eigenvalue weighted by atomic mass is 9.98. The van der Waals surface area contributed by atoms with Crippen LogP contribution in [0.1, 0.15) is 47.8 Å². The van der Waals surface area contributed by atoms with Crippen LogP contribution in [0.4, 0.5) is 30.5 Å². The molecule has 43 heavy (non-hydrogen) atoms. The van der Waals surface area contributed by atoms with Gasteiger partial charge in [0, 0.05) is 56.4 Å². The highest BCUT2D eigenvalue weighted by Gasteiger charge is 2.42. The number of nitrogens with zero attached hydrogens (tertiary/aromatic N) is 6. The van der Waals surface area contributed by atoms with Crippen LogP contribution in [0, 0.1) is 0 Å². The number of piperazine rings is 1. The Morgan fingerprint density at radius 1 is 1.07 bits per heavy atom. The van der Waals surface area contributed by atoms with E-state index in [1.54, 1.807) is 26.4 Å². The molecular weight excluding hydrogens is 609 g/mol. The zero-order valence-corrected chi connectivity index (χ0v) is 25.0. The summed E-state index contributed by atoms with van der Waals surface area (Å²) < 4.78 is 68.9. The second-order valence-corrected chi connectivity index (χ2v) is 13.4. The molecule has 16 heteroatoms. The monoisotopic (exact) mass is 640 g/mol. The van der Waals surface area contributed by atoms with Gasteiger partial charge in [-0.1, -0.05) is 11.6 Å². The highest BCUT2D eigenvalue weighted by molar-refractivity contribution is 7.92. The number of piperidine rings is 1. The zero-order valence-electron chi connectivity index (χ0n) is 23.4. The van der Waals surface area contributed by atoms with Gasteiger partial charge in [-0.15, -0.1) is 0 Å². The van der Waals surface area contributed by atoms with Crippen molar-refractivity contribution in [1.29, 1.82) is 0 Å². The number of halogens is 4. The van der Waals surface area contributed by atoms with Crippen LogP contribution in [0.2, 0.25) is 5.02 Å². The number of hydrogen-bond donors (Lipinski definition) is 2. The number of carbonyl (C=O) groups is 1. The van der Waals surface area contributed by atoms with E-state index in [2.05, 4.69) is 14.9 Å². The molecule has 5 heterocycles. The van der Waals surface area contributed by atoms with Crippen LogP contribution in [0.3, 0.4) is 0 Å². The minimum absolute atomic E-state index is 0.117. The van der Waals surface area contributed by atoms with Crippen molar-refractivity contribution in [2.24, 2.45) is 0 Å². The molecule has 3 aromatic rings. The van der Waals surface area contributed by atoms with Gasteiger partial charge in [-0.2, -0.15) is 22.8 Å². The molecule has 0 radical (unpaired) electrons. The number of fused-ring (bicyclic) bond motifs is 1. The fraction of sp³-hybridized carbons (Fsp3) is 0.519. The average Bonchev–Trinajstić information content (AvgIpc) is 3.35. The number of amides is 1. The number of hydrogen-bond acceptors (Lipinski definition) is 8. The highest BCUT2D eigenvalue weighted by atomic mass is 35.5. The maximum absolute atomic E-state index is 13.9. The highest BCUT2D eigenvalue weighted by Crippen LogP contribution is 2.36. The summed E-state index contributed by atoms with van der Waals surface area (Å²) in [6.45, 7) is 2.28.